The molecule has 0 aromatic heterocycles. The first kappa shape index (κ1) is 26.7. The predicted octanol–water partition coefficient (Wildman–Crippen LogP) is 6.03. The summed E-state index contributed by atoms with van der Waals surface area (Å²) in [6.07, 6.45) is 4.63. The van der Waals surface area contributed by atoms with Gasteiger partial charge in [-0.05, 0) is 61.6 Å². The van der Waals surface area contributed by atoms with Crippen molar-refractivity contribution in [1.29, 1.82) is 0 Å². The normalized spacial score (nSPS) is 14.2. The summed E-state index contributed by atoms with van der Waals surface area (Å²) in [6.45, 7) is 4.07. The van der Waals surface area contributed by atoms with Crippen LogP contribution in [0.3, 0.4) is 0 Å². The van der Waals surface area contributed by atoms with Crippen LogP contribution >= 0.6 is 11.6 Å². The lowest BCUT2D eigenvalue weighted by atomic mass is 10.0. The second kappa shape index (κ2) is 12.8. The van der Waals surface area contributed by atoms with E-state index >= 15 is 0 Å². The number of nitrogens with one attached hydrogen (secondary N) is 1. The SMILES string of the molecule is Cc1ccc(CN(C(=O)COc2ccc(Cl)c(C)c2)[C@H](Cc2ccccc2)C(=O)NC2CCCC2)cc1. The van der Waals surface area contributed by atoms with Gasteiger partial charge in [-0.25, -0.2) is 0 Å². The van der Waals surface area contributed by atoms with Gasteiger partial charge in [0.25, 0.3) is 5.91 Å². The minimum absolute atomic E-state index is 0.112. The van der Waals surface area contributed by atoms with E-state index in [1.54, 1.807) is 17.0 Å². The Kier molecular flexibility index (Phi) is 9.24. The molecule has 1 saturated carbocycles. The molecule has 6 heteroatoms. The molecule has 3 aromatic rings. The minimum atomic E-state index is -0.660. The fourth-order valence-corrected chi connectivity index (χ4v) is 4.86. The van der Waals surface area contributed by atoms with Crippen LogP contribution in [-0.4, -0.2) is 35.4 Å². The van der Waals surface area contributed by atoms with Crippen molar-refractivity contribution in [1.82, 2.24) is 10.2 Å². The Bertz CT molecular complexity index is 1190. The average molecular weight is 519 g/mol. The van der Waals surface area contributed by atoms with Crippen molar-refractivity contribution < 1.29 is 14.3 Å². The van der Waals surface area contributed by atoms with Crippen LogP contribution in [0.2, 0.25) is 5.02 Å². The number of aryl methyl sites for hydroxylation is 2. The first-order valence-corrected chi connectivity index (χ1v) is 13.3. The van der Waals surface area contributed by atoms with E-state index in [0.717, 1.165) is 47.9 Å². The van der Waals surface area contributed by atoms with E-state index in [1.807, 2.05) is 74.5 Å². The zero-order valence-corrected chi connectivity index (χ0v) is 22.3. The summed E-state index contributed by atoms with van der Waals surface area (Å²) < 4.78 is 5.87. The third-order valence-corrected chi connectivity index (χ3v) is 7.36. The standard InChI is InChI=1S/C31H35ClN2O3/c1-22-12-14-25(15-13-22)20-34(30(35)21-37-27-16-17-28(32)23(2)18-27)29(19-24-8-4-3-5-9-24)31(36)33-26-10-6-7-11-26/h3-5,8-9,12-18,26,29H,6-7,10-11,19-21H2,1-2H3,(H,33,36)/t29-/m1/s1. The lowest BCUT2D eigenvalue weighted by Crippen LogP contribution is -2.53. The number of nitrogens with zero attached hydrogens (tertiary/aromatic N) is 1. The van der Waals surface area contributed by atoms with Gasteiger partial charge in [0.2, 0.25) is 5.91 Å². The molecule has 1 aliphatic rings. The molecule has 0 heterocycles. The molecule has 1 aliphatic carbocycles. The second-order valence-electron chi connectivity index (χ2n) is 9.90. The van der Waals surface area contributed by atoms with Gasteiger partial charge in [0.15, 0.2) is 6.61 Å². The molecular weight excluding hydrogens is 484 g/mol. The van der Waals surface area contributed by atoms with E-state index < -0.39 is 6.04 Å². The molecule has 194 valence electrons. The van der Waals surface area contributed by atoms with Crippen LogP contribution in [0.4, 0.5) is 0 Å². The number of benzene rings is 3. The maximum atomic E-state index is 13.7. The molecule has 5 nitrogen and oxygen atoms in total. The number of ether oxygens (including phenoxy) is 1. The molecule has 0 aliphatic heterocycles. The lowest BCUT2D eigenvalue weighted by Gasteiger charge is -2.32. The fourth-order valence-electron chi connectivity index (χ4n) is 4.75. The van der Waals surface area contributed by atoms with Crippen molar-refractivity contribution in [3.8, 4) is 5.75 Å². The third-order valence-electron chi connectivity index (χ3n) is 6.94. The van der Waals surface area contributed by atoms with Crippen LogP contribution in [0.25, 0.3) is 0 Å². The van der Waals surface area contributed by atoms with E-state index in [0.29, 0.717) is 23.7 Å². The highest BCUT2D eigenvalue weighted by molar-refractivity contribution is 6.31. The van der Waals surface area contributed by atoms with Crippen molar-refractivity contribution in [2.24, 2.45) is 0 Å². The number of hydrogen-bond acceptors (Lipinski definition) is 3. The van der Waals surface area contributed by atoms with E-state index in [2.05, 4.69) is 5.32 Å². The summed E-state index contributed by atoms with van der Waals surface area (Å²) in [6, 6.07) is 22.8. The van der Waals surface area contributed by atoms with Crippen molar-refractivity contribution >= 4 is 23.4 Å². The van der Waals surface area contributed by atoms with E-state index in [9.17, 15) is 9.59 Å². The number of carbonyl (C=O) groups excluding carboxylic acids is 2. The van der Waals surface area contributed by atoms with Gasteiger partial charge in [-0.2, -0.15) is 0 Å². The number of hydrogen-bond donors (Lipinski definition) is 1. The Morgan fingerprint density at radius 3 is 2.35 bits per heavy atom. The minimum Gasteiger partial charge on any atom is -0.484 e. The first-order valence-electron chi connectivity index (χ1n) is 13.0. The van der Waals surface area contributed by atoms with Gasteiger partial charge in [0, 0.05) is 24.0 Å². The first-order chi connectivity index (χ1) is 17.9. The Morgan fingerprint density at radius 2 is 1.68 bits per heavy atom. The molecule has 1 fully saturated rings. The molecule has 0 bridgehead atoms. The Hall–Kier alpha value is -3.31. The second-order valence-corrected chi connectivity index (χ2v) is 10.3. The van der Waals surface area contributed by atoms with E-state index in [1.165, 1.54) is 0 Å². The lowest BCUT2D eigenvalue weighted by molar-refractivity contribution is -0.143. The molecule has 3 aromatic carbocycles. The van der Waals surface area contributed by atoms with Gasteiger partial charge < -0.3 is 15.0 Å². The highest BCUT2D eigenvalue weighted by Gasteiger charge is 2.32. The molecule has 0 spiro atoms. The molecule has 0 radical (unpaired) electrons. The summed E-state index contributed by atoms with van der Waals surface area (Å²) in [7, 11) is 0. The highest BCUT2D eigenvalue weighted by atomic mass is 35.5. The van der Waals surface area contributed by atoms with Gasteiger partial charge in [0.05, 0.1) is 0 Å². The van der Waals surface area contributed by atoms with Crippen molar-refractivity contribution in [3.05, 3.63) is 100 Å². The average Bonchev–Trinajstić information content (AvgIpc) is 3.41. The molecular formula is C31H35ClN2O3. The van der Waals surface area contributed by atoms with Crippen molar-refractivity contribution in [3.63, 3.8) is 0 Å². The molecule has 0 unspecified atom stereocenters. The van der Waals surface area contributed by atoms with Gasteiger partial charge in [-0.1, -0.05) is 84.6 Å². The van der Waals surface area contributed by atoms with Crippen LogP contribution < -0.4 is 10.1 Å². The molecule has 4 rings (SSSR count). The van der Waals surface area contributed by atoms with Crippen LogP contribution in [0, 0.1) is 13.8 Å². The quantitative estimate of drug-likeness (QED) is 0.356. The number of halogens is 1. The summed E-state index contributed by atoms with van der Waals surface area (Å²) in [5.74, 6) is 0.217. The van der Waals surface area contributed by atoms with Crippen LogP contribution in [-0.2, 0) is 22.6 Å². The molecule has 1 N–H and O–H groups in total. The Labute approximate surface area is 224 Å². The Morgan fingerprint density at radius 1 is 0.973 bits per heavy atom. The molecule has 37 heavy (non-hydrogen) atoms. The molecule has 0 saturated heterocycles. The van der Waals surface area contributed by atoms with Gasteiger partial charge in [-0.15, -0.1) is 0 Å². The zero-order chi connectivity index (χ0) is 26.2. The van der Waals surface area contributed by atoms with Crippen LogP contribution in [0.5, 0.6) is 5.75 Å². The summed E-state index contributed by atoms with van der Waals surface area (Å²) >= 11 is 6.14. The number of carbonyl (C=O) groups is 2. The van der Waals surface area contributed by atoms with Gasteiger partial charge in [-0.3, -0.25) is 9.59 Å². The maximum Gasteiger partial charge on any atom is 0.261 e. The van der Waals surface area contributed by atoms with Gasteiger partial charge in [0.1, 0.15) is 11.8 Å². The van der Waals surface area contributed by atoms with E-state index in [-0.39, 0.29) is 24.5 Å². The molecule has 2 amide bonds. The van der Waals surface area contributed by atoms with Crippen LogP contribution in [0.15, 0.2) is 72.8 Å². The Balaban J connectivity index is 1.60. The maximum absolute atomic E-state index is 13.7. The fraction of sp³-hybridized carbons (Fsp3) is 0.355. The molecule has 1 atom stereocenters. The van der Waals surface area contributed by atoms with Crippen LogP contribution in [0.1, 0.15) is 47.9 Å². The topological polar surface area (TPSA) is 58.6 Å². The predicted molar refractivity (Wildman–Crippen MR) is 148 cm³/mol. The summed E-state index contributed by atoms with van der Waals surface area (Å²) in [4.78, 5) is 29.1. The van der Waals surface area contributed by atoms with Crippen molar-refractivity contribution in [2.75, 3.05) is 6.61 Å². The highest BCUT2D eigenvalue weighted by Crippen LogP contribution is 2.23. The summed E-state index contributed by atoms with van der Waals surface area (Å²) in [5, 5.41) is 3.87. The number of amides is 2. The largest absolute Gasteiger partial charge is 0.484 e. The summed E-state index contributed by atoms with van der Waals surface area (Å²) in [5.41, 5.74) is 3.99. The monoisotopic (exact) mass is 518 g/mol. The zero-order valence-electron chi connectivity index (χ0n) is 21.6. The smallest absolute Gasteiger partial charge is 0.261 e. The van der Waals surface area contributed by atoms with E-state index in [4.69, 9.17) is 16.3 Å². The number of rotatable bonds is 10. The van der Waals surface area contributed by atoms with Crippen molar-refractivity contribution in [2.45, 2.75) is 64.6 Å². The third kappa shape index (κ3) is 7.59. The van der Waals surface area contributed by atoms with Gasteiger partial charge >= 0.3 is 0 Å².